The Labute approximate surface area is 206 Å². The first-order chi connectivity index (χ1) is 15.8. The molecule has 1 amide bonds. The van der Waals surface area contributed by atoms with Crippen LogP contribution in [-0.2, 0) is 4.79 Å². The van der Waals surface area contributed by atoms with Gasteiger partial charge in [0.25, 0.3) is 5.91 Å². The van der Waals surface area contributed by atoms with Gasteiger partial charge in [-0.3, -0.25) is 4.79 Å². The van der Waals surface area contributed by atoms with Crippen LogP contribution in [0.4, 0.5) is 5.69 Å². The van der Waals surface area contributed by atoms with E-state index < -0.39 is 5.91 Å². The molecule has 0 aliphatic rings. The summed E-state index contributed by atoms with van der Waals surface area (Å²) in [7, 11) is 0. The minimum atomic E-state index is -0.393. The first-order valence-corrected chi connectivity index (χ1v) is 11.6. The second kappa shape index (κ2) is 10.0. The second-order valence-corrected chi connectivity index (χ2v) is 8.91. The van der Waals surface area contributed by atoms with E-state index in [0.29, 0.717) is 49.5 Å². The first-order valence-electron chi connectivity index (χ1n) is 10.4. The maximum atomic E-state index is 12.4. The molecule has 8 heteroatoms. The molecular formula is C25H21Cl3N2O3. The second-order valence-electron chi connectivity index (χ2n) is 7.66. The zero-order valence-corrected chi connectivity index (χ0v) is 20.3. The normalized spacial score (nSPS) is 12.0. The monoisotopic (exact) mass is 502 g/mol. The van der Waals surface area contributed by atoms with Gasteiger partial charge in [0.1, 0.15) is 11.3 Å². The SMILES string of the molecule is CCC(C)c1ccc2oc(-c3ccc(Cl)c(NC(=O)COc4ccc(Cl)cc4Cl)c3)nc2c1. The molecule has 0 aliphatic carbocycles. The number of hydrogen-bond acceptors (Lipinski definition) is 4. The van der Waals surface area contributed by atoms with E-state index in [-0.39, 0.29) is 6.61 Å². The summed E-state index contributed by atoms with van der Waals surface area (Å²) < 4.78 is 11.4. The molecule has 33 heavy (non-hydrogen) atoms. The lowest BCUT2D eigenvalue weighted by Crippen LogP contribution is -2.20. The highest BCUT2D eigenvalue weighted by atomic mass is 35.5. The number of rotatable bonds is 7. The van der Waals surface area contributed by atoms with Gasteiger partial charge in [0.2, 0.25) is 5.89 Å². The van der Waals surface area contributed by atoms with Gasteiger partial charge in [-0.2, -0.15) is 0 Å². The summed E-state index contributed by atoms with van der Waals surface area (Å²) in [6.45, 7) is 4.09. The third-order valence-corrected chi connectivity index (χ3v) is 6.19. The van der Waals surface area contributed by atoms with Gasteiger partial charge in [-0.15, -0.1) is 0 Å². The van der Waals surface area contributed by atoms with Crippen LogP contribution in [0.3, 0.4) is 0 Å². The molecule has 4 rings (SSSR count). The van der Waals surface area contributed by atoms with E-state index in [2.05, 4.69) is 30.2 Å². The molecule has 5 nitrogen and oxygen atoms in total. The summed E-state index contributed by atoms with van der Waals surface area (Å²) >= 11 is 18.2. The van der Waals surface area contributed by atoms with Crippen molar-refractivity contribution in [2.45, 2.75) is 26.2 Å². The molecule has 0 fully saturated rings. The number of ether oxygens (including phenoxy) is 1. The van der Waals surface area contributed by atoms with Crippen LogP contribution in [-0.4, -0.2) is 17.5 Å². The maximum Gasteiger partial charge on any atom is 0.262 e. The summed E-state index contributed by atoms with van der Waals surface area (Å²) in [5.74, 6) is 0.856. The van der Waals surface area contributed by atoms with Crippen molar-refractivity contribution in [1.82, 2.24) is 4.98 Å². The van der Waals surface area contributed by atoms with Gasteiger partial charge < -0.3 is 14.5 Å². The van der Waals surface area contributed by atoms with E-state index in [4.69, 9.17) is 44.0 Å². The fourth-order valence-corrected chi connectivity index (χ4v) is 3.91. The molecule has 1 heterocycles. The zero-order valence-electron chi connectivity index (χ0n) is 18.0. The maximum absolute atomic E-state index is 12.4. The Hall–Kier alpha value is -2.73. The summed E-state index contributed by atoms with van der Waals surface area (Å²) in [5.41, 5.74) is 3.82. The van der Waals surface area contributed by atoms with Crippen LogP contribution in [0.2, 0.25) is 15.1 Å². The predicted octanol–water partition coefficient (Wildman–Crippen LogP) is 7.99. The lowest BCUT2D eigenvalue weighted by atomic mass is 9.98. The van der Waals surface area contributed by atoms with Crippen LogP contribution in [0.25, 0.3) is 22.6 Å². The number of hydrogen-bond donors (Lipinski definition) is 1. The van der Waals surface area contributed by atoms with Crippen molar-refractivity contribution in [2.24, 2.45) is 0 Å². The van der Waals surface area contributed by atoms with Gasteiger partial charge in [-0.1, -0.05) is 54.7 Å². The molecule has 0 saturated heterocycles. The molecule has 0 spiro atoms. The molecule has 3 aromatic carbocycles. The number of anilines is 1. The molecule has 4 aromatic rings. The third kappa shape index (κ3) is 5.44. The van der Waals surface area contributed by atoms with Gasteiger partial charge in [-0.05, 0) is 66.4 Å². The number of carbonyl (C=O) groups is 1. The lowest BCUT2D eigenvalue weighted by Gasteiger charge is -2.10. The Kier molecular flexibility index (Phi) is 7.13. The molecule has 170 valence electrons. The largest absolute Gasteiger partial charge is 0.482 e. The van der Waals surface area contributed by atoms with Gasteiger partial charge in [0.15, 0.2) is 12.2 Å². The standard InChI is InChI=1S/C25H21Cl3N2O3/c1-3-14(2)15-5-8-23-21(10-15)30-25(33-23)16-4-7-18(27)20(11-16)29-24(31)13-32-22-9-6-17(26)12-19(22)28/h4-12,14H,3,13H2,1-2H3,(H,29,31). The van der Waals surface area contributed by atoms with Gasteiger partial charge in [-0.25, -0.2) is 4.98 Å². The van der Waals surface area contributed by atoms with Crippen molar-refractivity contribution < 1.29 is 13.9 Å². The van der Waals surface area contributed by atoms with E-state index >= 15 is 0 Å². The van der Waals surface area contributed by atoms with E-state index in [1.165, 1.54) is 5.56 Å². The average Bonchev–Trinajstić information content (AvgIpc) is 3.23. The molecule has 0 aliphatic heterocycles. The molecule has 0 radical (unpaired) electrons. The number of fused-ring (bicyclic) bond motifs is 1. The van der Waals surface area contributed by atoms with Crippen molar-refractivity contribution in [2.75, 3.05) is 11.9 Å². The Morgan fingerprint density at radius 2 is 1.88 bits per heavy atom. The minimum absolute atomic E-state index is 0.247. The number of halogens is 3. The molecule has 1 N–H and O–H groups in total. The topological polar surface area (TPSA) is 64.4 Å². The first kappa shape index (κ1) is 23.4. The Morgan fingerprint density at radius 3 is 2.64 bits per heavy atom. The van der Waals surface area contributed by atoms with E-state index in [9.17, 15) is 4.79 Å². The number of aromatic nitrogens is 1. The van der Waals surface area contributed by atoms with Crippen LogP contribution in [0, 0.1) is 0 Å². The fourth-order valence-electron chi connectivity index (χ4n) is 3.29. The molecule has 0 saturated carbocycles. The molecule has 1 atom stereocenters. The number of carbonyl (C=O) groups excluding carboxylic acids is 1. The molecule has 1 aromatic heterocycles. The summed E-state index contributed by atoms with van der Waals surface area (Å²) in [4.78, 5) is 17.1. The van der Waals surface area contributed by atoms with Crippen LogP contribution < -0.4 is 10.1 Å². The van der Waals surface area contributed by atoms with Crippen molar-refractivity contribution >= 4 is 57.5 Å². The highest BCUT2D eigenvalue weighted by molar-refractivity contribution is 6.35. The number of oxazole rings is 1. The summed E-state index contributed by atoms with van der Waals surface area (Å²) in [6, 6.07) is 16.0. The van der Waals surface area contributed by atoms with Crippen LogP contribution in [0.1, 0.15) is 31.7 Å². The predicted molar refractivity (Wildman–Crippen MR) is 134 cm³/mol. The summed E-state index contributed by atoms with van der Waals surface area (Å²) in [6.07, 6.45) is 1.05. The van der Waals surface area contributed by atoms with Crippen molar-refractivity contribution in [3.05, 3.63) is 75.2 Å². The average molecular weight is 504 g/mol. The lowest BCUT2D eigenvalue weighted by molar-refractivity contribution is -0.118. The Balaban J connectivity index is 1.51. The van der Waals surface area contributed by atoms with Crippen molar-refractivity contribution in [1.29, 1.82) is 0 Å². The Bertz CT molecular complexity index is 1320. The number of benzene rings is 3. The fraction of sp³-hybridized carbons (Fsp3) is 0.200. The van der Waals surface area contributed by atoms with Crippen LogP contribution >= 0.6 is 34.8 Å². The van der Waals surface area contributed by atoms with E-state index in [0.717, 1.165) is 11.9 Å². The third-order valence-electron chi connectivity index (χ3n) is 5.33. The van der Waals surface area contributed by atoms with Crippen molar-refractivity contribution in [3.8, 4) is 17.2 Å². The number of amides is 1. The quantitative estimate of drug-likeness (QED) is 0.277. The zero-order chi connectivity index (χ0) is 23.5. The van der Waals surface area contributed by atoms with Crippen LogP contribution in [0.5, 0.6) is 5.75 Å². The van der Waals surface area contributed by atoms with Crippen molar-refractivity contribution in [3.63, 3.8) is 0 Å². The van der Waals surface area contributed by atoms with Crippen LogP contribution in [0.15, 0.2) is 59.0 Å². The Morgan fingerprint density at radius 1 is 1.06 bits per heavy atom. The highest BCUT2D eigenvalue weighted by Crippen LogP contribution is 2.32. The molecule has 0 bridgehead atoms. The van der Waals surface area contributed by atoms with E-state index in [1.807, 2.05) is 12.1 Å². The number of nitrogens with zero attached hydrogens (tertiary/aromatic N) is 1. The number of nitrogens with one attached hydrogen (secondary N) is 1. The molecule has 1 unspecified atom stereocenters. The molecular weight excluding hydrogens is 483 g/mol. The highest BCUT2D eigenvalue weighted by Gasteiger charge is 2.14. The summed E-state index contributed by atoms with van der Waals surface area (Å²) in [5, 5.41) is 3.94. The smallest absolute Gasteiger partial charge is 0.262 e. The van der Waals surface area contributed by atoms with Gasteiger partial charge in [0.05, 0.1) is 15.7 Å². The van der Waals surface area contributed by atoms with Gasteiger partial charge >= 0.3 is 0 Å². The minimum Gasteiger partial charge on any atom is -0.482 e. The van der Waals surface area contributed by atoms with Gasteiger partial charge in [0, 0.05) is 10.6 Å². The van der Waals surface area contributed by atoms with E-state index in [1.54, 1.807) is 36.4 Å².